The Labute approximate surface area is 127 Å². The Kier molecular flexibility index (Phi) is 36.8. The maximum absolute atomic E-state index is 7.95. The molecular weight excluding hydrogens is 336 g/mol. The van der Waals surface area contributed by atoms with Crippen molar-refractivity contribution < 1.29 is 42.9 Å². The molecule has 0 aliphatic rings. The van der Waals surface area contributed by atoms with Gasteiger partial charge in [0.05, 0.1) is 19.8 Å². The van der Waals surface area contributed by atoms with Gasteiger partial charge in [-0.2, -0.15) is 0 Å². The van der Waals surface area contributed by atoms with Gasteiger partial charge in [-0.3, -0.25) is 0 Å². The van der Waals surface area contributed by atoms with Gasteiger partial charge < -0.3 is 42.9 Å². The Bertz CT molecular complexity index is 119. The second-order valence-corrected chi connectivity index (χ2v) is 4.30. The van der Waals surface area contributed by atoms with E-state index in [0.29, 0.717) is 19.8 Å². The minimum Gasteiger partial charge on any atom is -0.328 e. The van der Waals surface area contributed by atoms with Gasteiger partial charge in [0.25, 0.3) is 0 Å². The average Bonchev–Trinajstić information content (AvgIpc) is 2.18. The van der Waals surface area contributed by atoms with Crippen molar-refractivity contribution in [2.75, 3.05) is 19.8 Å². The van der Waals surface area contributed by atoms with Crippen LogP contribution >= 0.6 is 25.8 Å². The van der Waals surface area contributed by atoms with E-state index < -0.39 is 25.8 Å². The first-order chi connectivity index (χ1) is 8.31. The van der Waals surface area contributed by atoms with Crippen molar-refractivity contribution >= 4 is 43.2 Å². The Morgan fingerprint density at radius 1 is 0.579 bits per heavy atom. The molecule has 0 aromatic carbocycles. The van der Waals surface area contributed by atoms with Crippen LogP contribution in [-0.2, 0) is 13.6 Å². The van der Waals surface area contributed by atoms with Crippen LogP contribution < -0.4 is 0 Å². The summed E-state index contributed by atoms with van der Waals surface area (Å²) in [7, 11) is -6.30. The molecule has 0 spiro atoms. The minimum atomic E-state index is -2.10. The molecule has 114 valence electrons. The van der Waals surface area contributed by atoms with Gasteiger partial charge >= 0.3 is 43.2 Å². The molecule has 0 bridgehead atoms. The normalized spacial score (nSPS) is 9.47. The van der Waals surface area contributed by atoms with Crippen LogP contribution in [0.5, 0.6) is 0 Å². The van der Waals surface area contributed by atoms with E-state index in [0.717, 1.165) is 0 Å². The van der Waals surface area contributed by atoms with Gasteiger partial charge in [-0.1, -0.05) is 0 Å². The number of rotatable bonds is 6. The molecular formula is C6H21AlO9P3+3. The molecule has 0 aromatic heterocycles. The topological polar surface area (TPSA) is 149 Å². The summed E-state index contributed by atoms with van der Waals surface area (Å²) < 4.78 is 12.7. The van der Waals surface area contributed by atoms with Crippen molar-refractivity contribution in [1.82, 2.24) is 0 Å². The van der Waals surface area contributed by atoms with Crippen LogP contribution in [-0.4, -0.2) is 66.5 Å². The first kappa shape index (κ1) is 28.6. The molecule has 0 saturated carbocycles. The quantitative estimate of drug-likeness (QED) is 0.292. The maximum atomic E-state index is 7.95. The second kappa shape index (κ2) is 24.5. The summed E-state index contributed by atoms with van der Waals surface area (Å²) in [5, 5.41) is 0. The molecule has 13 heteroatoms. The van der Waals surface area contributed by atoms with Crippen LogP contribution in [0.4, 0.5) is 0 Å². The molecule has 6 N–H and O–H groups in total. The van der Waals surface area contributed by atoms with Crippen molar-refractivity contribution in [1.29, 1.82) is 0 Å². The fraction of sp³-hybridized carbons (Fsp3) is 1.00. The fourth-order valence-corrected chi connectivity index (χ4v) is 1.04. The van der Waals surface area contributed by atoms with Crippen LogP contribution in [0, 0.1) is 0 Å². The zero-order valence-electron chi connectivity index (χ0n) is 10.9. The van der Waals surface area contributed by atoms with E-state index in [9.17, 15) is 0 Å². The third-order valence-corrected chi connectivity index (χ3v) is 2.20. The third-order valence-electron chi connectivity index (χ3n) is 0.734. The van der Waals surface area contributed by atoms with E-state index >= 15 is 0 Å². The largest absolute Gasteiger partial charge is 3.00 e. The molecule has 0 saturated heterocycles. The monoisotopic (exact) mass is 357 g/mol. The van der Waals surface area contributed by atoms with Crippen molar-refractivity contribution in [3.63, 3.8) is 0 Å². The minimum absolute atomic E-state index is 0. The van der Waals surface area contributed by atoms with Gasteiger partial charge in [-0.05, 0) is 20.8 Å². The molecule has 0 atom stereocenters. The van der Waals surface area contributed by atoms with E-state index in [4.69, 9.17) is 29.4 Å². The summed E-state index contributed by atoms with van der Waals surface area (Å²) in [6, 6.07) is 0. The Morgan fingerprint density at radius 3 is 0.737 bits per heavy atom. The van der Waals surface area contributed by atoms with E-state index in [1.54, 1.807) is 20.8 Å². The Hall–Kier alpha value is 1.46. The summed E-state index contributed by atoms with van der Waals surface area (Å²) in [5.74, 6) is 0. The summed E-state index contributed by atoms with van der Waals surface area (Å²) in [4.78, 5) is 47.7. The van der Waals surface area contributed by atoms with Gasteiger partial charge in [0.15, 0.2) is 0 Å². The molecule has 0 amide bonds. The second-order valence-electron chi connectivity index (χ2n) is 2.01. The summed E-state index contributed by atoms with van der Waals surface area (Å²) >= 11 is 0. The van der Waals surface area contributed by atoms with E-state index in [1.165, 1.54) is 0 Å². The van der Waals surface area contributed by atoms with Gasteiger partial charge in [0.2, 0.25) is 0 Å². The van der Waals surface area contributed by atoms with Crippen molar-refractivity contribution in [2.24, 2.45) is 0 Å². The average molecular weight is 357 g/mol. The molecule has 0 unspecified atom stereocenters. The molecule has 19 heavy (non-hydrogen) atoms. The van der Waals surface area contributed by atoms with E-state index in [2.05, 4.69) is 13.6 Å². The zero-order chi connectivity index (χ0) is 15.0. The fourth-order valence-electron chi connectivity index (χ4n) is 0.346. The van der Waals surface area contributed by atoms with Crippen molar-refractivity contribution in [3.8, 4) is 0 Å². The molecule has 0 radical (unpaired) electrons. The predicted octanol–water partition coefficient (Wildman–Crippen LogP) is 0.322. The van der Waals surface area contributed by atoms with Gasteiger partial charge in [-0.25, -0.2) is 0 Å². The van der Waals surface area contributed by atoms with E-state index in [1.807, 2.05) is 0 Å². The summed E-state index contributed by atoms with van der Waals surface area (Å²) in [6.45, 7) is 6.17. The first-order valence-corrected chi connectivity index (χ1v) is 8.23. The first-order valence-electron chi connectivity index (χ1n) is 4.74. The van der Waals surface area contributed by atoms with Crippen LogP contribution in [0.2, 0.25) is 0 Å². The van der Waals surface area contributed by atoms with Crippen LogP contribution in [0.3, 0.4) is 0 Å². The van der Waals surface area contributed by atoms with Crippen LogP contribution in [0.15, 0.2) is 0 Å². The SMILES string of the molecule is CCOP(O)O.CCOP(O)O.CCOP(O)O.[Al+3]. The Morgan fingerprint density at radius 2 is 0.737 bits per heavy atom. The third kappa shape index (κ3) is 54.2. The van der Waals surface area contributed by atoms with Gasteiger partial charge in [0.1, 0.15) is 0 Å². The molecule has 0 aliphatic carbocycles. The van der Waals surface area contributed by atoms with Crippen LogP contribution in [0.25, 0.3) is 0 Å². The molecule has 0 heterocycles. The van der Waals surface area contributed by atoms with Crippen molar-refractivity contribution in [2.45, 2.75) is 20.8 Å². The molecule has 0 rings (SSSR count). The molecule has 9 nitrogen and oxygen atoms in total. The maximum Gasteiger partial charge on any atom is 3.00 e. The molecule has 0 aromatic rings. The van der Waals surface area contributed by atoms with Crippen molar-refractivity contribution in [3.05, 3.63) is 0 Å². The van der Waals surface area contributed by atoms with E-state index in [-0.39, 0.29) is 17.4 Å². The predicted molar refractivity (Wildman–Crippen MR) is 74.7 cm³/mol. The molecule has 0 aliphatic heterocycles. The summed E-state index contributed by atoms with van der Waals surface area (Å²) in [6.07, 6.45) is 0. The smallest absolute Gasteiger partial charge is 0.328 e. The zero-order valence-corrected chi connectivity index (χ0v) is 14.8. The molecule has 0 fully saturated rings. The van der Waals surface area contributed by atoms with Gasteiger partial charge in [0, 0.05) is 0 Å². The van der Waals surface area contributed by atoms with Crippen LogP contribution in [0.1, 0.15) is 20.8 Å². The standard InChI is InChI=1S/3C2H7O3P.Al/c3*1-2-5-6(3)4;/h3*3-4H,2H2,1H3;/q;;;+3. The number of hydrogen-bond donors (Lipinski definition) is 6. The summed E-state index contributed by atoms with van der Waals surface area (Å²) in [5.41, 5.74) is 0. The van der Waals surface area contributed by atoms with Gasteiger partial charge in [-0.15, -0.1) is 0 Å². The number of hydrogen-bond acceptors (Lipinski definition) is 9. The Balaban J connectivity index is -0.0000000865.